The summed E-state index contributed by atoms with van der Waals surface area (Å²) in [6, 6.07) is 1.24. The van der Waals surface area contributed by atoms with Crippen LogP contribution in [0.2, 0.25) is 0 Å². The van der Waals surface area contributed by atoms with Gasteiger partial charge in [0.05, 0.1) is 0 Å². The van der Waals surface area contributed by atoms with E-state index in [1.54, 1.807) is 0 Å². The van der Waals surface area contributed by atoms with Crippen molar-refractivity contribution in [3.63, 3.8) is 0 Å². The van der Waals surface area contributed by atoms with Crippen molar-refractivity contribution < 1.29 is 0 Å². The highest BCUT2D eigenvalue weighted by Gasteiger charge is 2.26. The highest BCUT2D eigenvalue weighted by atomic mass is 15.0. The molecule has 2 rings (SSSR count). The second kappa shape index (κ2) is 3.75. The van der Waals surface area contributed by atoms with Crippen molar-refractivity contribution in [2.24, 2.45) is 11.7 Å². The normalized spacial score (nSPS) is 36.8. The van der Waals surface area contributed by atoms with Crippen LogP contribution in [-0.2, 0) is 0 Å². The molecule has 2 fully saturated rings. The molecule has 0 radical (unpaired) electrons. The largest absolute Gasteiger partial charge is 0.328 e. The number of hydrogen-bond donors (Lipinski definition) is 2. The third-order valence-corrected chi connectivity index (χ3v) is 3.34. The van der Waals surface area contributed by atoms with Crippen LogP contribution in [0.15, 0.2) is 0 Å². The average molecular weight is 168 g/mol. The molecular weight excluding hydrogens is 148 g/mol. The molecule has 0 aliphatic heterocycles. The number of nitrogens with two attached hydrogens (primary N) is 1. The van der Waals surface area contributed by atoms with Crippen molar-refractivity contribution in [2.45, 2.75) is 50.6 Å². The molecule has 3 N–H and O–H groups in total. The monoisotopic (exact) mass is 168 g/mol. The standard InChI is InChI=1S/C10H20N2/c11-9-5-10(6-9)12-7-8-3-1-2-4-8/h8-10,12H,1-7,11H2. The van der Waals surface area contributed by atoms with Crippen LogP contribution < -0.4 is 11.1 Å². The van der Waals surface area contributed by atoms with Crippen LogP contribution in [0.3, 0.4) is 0 Å². The molecule has 0 aromatic carbocycles. The lowest BCUT2D eigenvalue weighted by Gasteiger charge is -2.34. The van der Waals surface area contributed by atoms with Crippen molar-refractivity contribution in [2.75, 3.05) is 6.54 Å². The van der Waals surface area contributed by atoms with Crippen molar-refractivity contribution in [3.05, 3.63) is 0 Å². The number of hydrogen-bond acceptors (Lipinski definition) is 2. The maximum atomic E-state index is 5.71. The lowest BCUT2D eigenvalue weighted by atomic mass is 9.87. The first kappa shape index (κ1) is 8.52. The van der Waals surface area contributed by atoms with E-state index < -0.39 is 0 Å². The summed E-state index contributed by atoms with van der Waals surface area (Å²) in [6.45, 7) is 1.25. The van der Waals surface area contributed by atoms with Gasteiger partial charge in [-0.05, 0) is 38.1 Å². The number of nitrogens with one attached hydrogen (secondary N) is 1. The van der Waals surface area contributed by atoms with E-state index in [0.717, 1.165) is 12.0 Å². The zero-order chi connectivity index (χ0) is 8.39. The molecule has 2 aliphatic carbocycles. The summed E-state index contributed by atoms with van der Waals surface area (Å²) in [5, 5.41) is 3.61. The Kier molecular flexibility index (Phi) is 2.66. The highest BCUT2D eigenvalue weighted by Crippen LogP contribution is 2.25. The third kappa shape index (κ3) is 1.99. The molecule has 0 heterocycles. The van der Waals surface area contributed by atoms with Crippen LogP contribution in [0, 0.1) is 5.92 Å². The summed E-state index contributed by atoms with van der Waals surface area (Å²) in [5.41, 5.74) is 5.71. The molecule has 0 amide bonds. The summed E-state index contributed by atoms with van der Waals surface area (Å²) in [6.07, 6.45) is 8.21. The first-order chi connectivity index (χ1) is 5.84. The van der Waals surface area contributed by atoms with Gasteiger partial charge in [0.1, 0.15) is 0 Å². The van der Waals surface area contributed by atoms with Gasteiger partial charge in [-0.1, -0.05) is 12.8 Å². The van der Waals surface area contributed by atoms with Crippen molar-refractivity contribution >= 4 is 0 Å². The third-order valence-electron chi connectivity index (χ3n) is 3.34. The van der Waals surface area contributed by atoms with E-state index >= 15 is 0 Å². The topological polar surface area (TPSA) is 38.0 Å². The Morgan fingerprint density at radius 3 is 2.42 bits per heavy atom. The molecule has 0 saturated heterocycles. The SMILES string of the molecule is NC1CC(NCC2CCCC2)C1. The van der Waals surface area contributed by atoms with E-state index in [4.69, 9.17) is 5.73 Å². The van der Waals surface area contributed by atoms with Crippen LogP contribution in [-0.4, -0.2) is 18.6 Å². The van der Waals surface area contributed by atoms with Crippen molar-refractivity contribution in [1.29, 1.82) is 0 Å². The first-order valence-corrected chi connectivity index (χ1v) is 5.33. The Bertz CT molecular complexity index is 135. The van der Waals surface area contributed by atoms with Crippen LogP contribution >= 0.6 is 0 Å². The van der Waals surface area contributed by atoms with Gasteiger partial charge in [0.2, 0.25) is 0 Å². The molecule has 2 heteroatoms. The van der Waals surface area contributed by atoms with Gasteiger partial charge in [-0.15, -0.1) is 0 Å². The zero-order valence-corrected chi connectivity index (χ0v) is 7.76. The van der Waals surface area contributed by atoms with Crippen LogP contribution in [0.4, 0.5) is 0 Å². The lowest BCUT2D eigenvalue weighted by Crippen LogP contribution is -2.49. The quantitative estimate of drug-likeness (QED) is 0.665. The predicted molar refractivity (Wildman–Crippen MR) is 51.0 cm³/mol. The van der Waals surface area contributed by atoms with E-state index in [2.05, 4.69) is 5.32 Å². The zero-order valence-electron chi connectivity index (χ0n) is 7.76. The van der Waals surface area contributed by atoms with E-state index in [-0.39, 0.29) is 0 Å². The minimum absolute atomic E-state index is 0.492. The molecule has 0 atom stereocenters. The summed E-state index contributed by atoms with van der Waals surface area (Å²) >= 11 is 0. The fraction of sp³-hybridized carbons (Fsp3) is 1.00. The Morgan fingerprint density at radius 2 is 1.83 bits per heavy atom. The summed E-state index contributed by atoms with van der Waals surface area (Å²) in [7, 11) is 0. The smallest absolute Gasteiger partial charge is 0.00966 e. The molecule has 0 spiro atoms. The molecule has 2 nitrogen and oxygen atoms in total. The van der Waals surface area contributed by atoms with Gasteiger partial charge in [0.15, 0.2) is 0 Å². The number of rotatable bonds is 3. The van der Waals surface area contributed by atoms with Gasteiger partial charge >= 0.3 is 0 Å². The Morgan fingerprint density at radius 1 is 1.17 bits per heavy atom. The second-order valence-electron chi connectivity index (χ2n) is 4.49. The van der Waals surface area contributed by atoms with E-state index in [0.29, 0.717) is 6.04 Å². The minimum Gasteiger partial charge on any atom is -0.328 e. The fourth-order valence-corrected chi connectivity index (χ4v) is 2.38. The molecule has 0 unspecified atom stereocenters. The highest BCUT2D eigenvalue weighted by molar-refractivity contribution is 4.88. The Hall–Kier alpha value is -0.0800. The van der Waals surface area contributed by atoms with Gasteiger partial charge in [0, 0.05) is 12.1 Å². The van der Waals surface area contributed by atoms with Crippen LogP contribution in [0.5, 0.6) is 0 Å². The van der Waals surface area contributed by atoms with Crippen molar-refractivity contribution in [1.82, 2.24) is 5.32 Å². The first-order valence-electron chi connectivity index (χ1n) is 5.33. The summed E-state index contributed by atoms with van der Waals surface area (Å²) in [5.74, 6) is 0.974. The summed E-state index contributed by atoms with van der Waals surface area (Å²) in [4.78, 5) is 0. The van der Waals surface area contributed by atoms with Crippen molar-refractivity contribution in [3.8, 4) is 0 Å². The summed E-state index contributed by atoms with van der Waals surface area (Å²) < 4.78 is 0. The molecule has 0 aromatic rings. The molecular formula is C10H20N2. The predicted octanol–water partition coefficient (Wildman–Crippen LogP) is 1.26. The fourth-order valence-electron chi connectivity index (χ4n) is 2.38. The van der Waals surface area contributed by atoms with Crippen LogP contribution in [0.1, 0.15) is 38.5 Å². The molecule has 12 heavy (non-hydrogen) atoms. The maximum absolute atomic E-state index is 5.71. The van der Waals surface area contributed by atoms with E-state index in [1.807, 2.05) is 0 Å². The molecule has 0 bridgehead atoms. The molecule has 70 valence electrons. The second-order valence-corrected chi connectivity index (χ2v) is 4.49. The average Bonchev–Trinajstić information content (AvgIpc) is 2.47. The minimum atomic E-state index is 0.492. The van der Waals surface area contributed by atoms with Gasteiger partial charge in [-0.25, -0.2) is 0 Å². The van der Waals surface area contributed by atoms with Gasteiger partial charge in [-0.2, -0.15) is 0 Å². The Balaban J connectivity index is 1.56. The van der Waals surface area contributed by atoms with Crippen LogP contribution in [0.25, 0.3) is 0 Å². The molecule has 2 aliphatic rings. The lowest BCUT2D eigenvalue weighted by molar-refractivity contribution is 0.277. The molecule has 2 saturated carbocycles. The Labute approximate surface area is 74.9 Å². The maximum Gasteiger partial charge on any atom is 0.00966 e. The van der Waals surface area contributed by atoms with Gasteiger partial charge < -0.3 is 11.1 Å². The van der Waals surface area contributed by atoms with Gasteiger partial charge in [-0.3, -0.25) is 0 Å². The van der Waals surface area contributed by atoms with E-state index in [9.17, 15) is 0 Å². The molecule has 0 aromatic heterocycles. The van der Waals surface area contributed by atoms with E-state index in [1.165, 1.54) is 45.1 Å². The van der Waals surface area contributed by atoms with Gasteiger partial charge in [0.25, 0.3) is 0 Å².